The molecule has 0 saturated heterocycles. The maximum atomic E-state index is 14.4. The Bertz CT molecular complexity index is 6030. The SMILES string of the molecule is N#Cc1cc(Cc2cc(C(=O)NCc3cc4c(Cl)c[nH]c4cc3F)ccn2)cc2cc(Cl)cnc12.NC(=O)c1cc(Cc2cc(C(=O)NCc3cc4c(Cl)c[nH]c4cc3F)ccn2)cc2cc(Cl)cnc12.NC(=O)c1cc(Cc2cc(C(=O)NCc3cc4c(Cl)c[nH]c4cc3F)ccn2)cc2cc(Cl)cnc12.O=CO[O-].[H-].[K+].[K+]. The van der Waals surface area contributed by atoms with Gasteiger partial charge < -0.3 is 53.9 Å². The van der Waals surface area contributed by atoms with Gasteiger partial charge in [-0.05, 0) is 144 Å². The van der Waals surface area contributed by atoms with E-state index in [0.717, 1.165) is 22.1 Å². The van der Waals surface area contributed by atoms with Crippen LogP contribution in [0.25, 0.3) is 65.4 Å². The topological polar surface area (TPSA) is 371 Å². The Labute approximate surface area is 755 Å². The number of carbonyl (C=O) groups is 6. The summed E-state index contributed by atoms with van der Waals surface area (Å²) in [5.74, 6) is -3.68. The summed E-state index contributed by atoms with van der Waals surface area (Å²) in [4.78, 5) is 108. The summed E-state index contributed by atoms with van der Waals surface area (Å²) in [5.41, 5.74) is 21.6. The van der Waals surface area contributed by atoms with Crippen LogP contribution in [-0.4, -0.2) is 80.9 Å². The number of amides is 5. The van der Waals surface area contributed by atoms with Crippen LogP contribution < -0.4 is 135 Å². The van der Waals surface area contributed by atoms with E-state index in [1.165, 1.54) is 49.2 Å². The molecular formula is C79H54Cl6F3K2N15O8. The number of hydrogen-bond acceptors (Lipinski definition) is 15. The molecule has 15 aromatic rings. The van der Waals surface area contributed by atoms with Crippen LogP contribution in [0.1, 0.15) is 109 Å². The van der Waals surface area contributed by atoms with E-state index in [1.807, 2.05) is 18.2 Å². The van der Waals surface area contributed by atoms with E-state index in [9.17, 15) is 42.4 Å². The molecule has 0 atom stereocenters. The summed E-state index contributed by atoms with van der Waals surface area (Å²) in [6.07, 6.45) is 14.8. The molecule has 0 saturated carbocycles. The third-order valence-electron chi connectivity index (χ3n) is 17.2. The number of aromatic amines is 3. The predicted octanol–water partition coefficient (Wildman–Crippen LogP) is 8.86. The van der Waals surface area contributed by atoms with Crippen LogP contribution >= 0.6 is 69.6 Å². The van der Waals surface area contributed by atoms with Gasteiger partial charge in [-0.25, -0.2) is 13.2 Å². The van der Waals surface area contributed by atoms with Crippen molar-refractivity contribution in [2.45, 2.75) is 38.9 Å². The van der Waals surface area contributed by atoms with E-state index in [1.54, 1.807) is 116 Å². The molecule has 0 fully saturated rings. The van der Waals surface area contributed by atoms with Gasteiger partial charge >= 0.3 is 103 Å². The molecule has 34 heteroatoms. The average Bonchev–Trinajstić information content (AvgIpc) is 1.41. The maximum absolute atomic E-state index is 14.4. The Balaban J connectivity index is 0.000000189. The number of carbonyl (C=O) groups excluding carboxylic acids is 6. The van der Waals surface area contributed by atoms with Crippen molar-refractivity contribution in [3.05, 3.63) is 315 Å². The number of primary amides is 2. The first-order valence-electron chi connectivity index (χ1n) is 32.9. The van der Waals surface area contributed by atoms with Crippen LogP contribution in [0, 0.1) is 28.8 Å². The van der Waals surface area contributed by atoms with Crippen molar-refractivity contribution in [2.75, 3.05) is 0 Å². The van der Waals surface area contributed by atoms with Gasteiger partial charge in [0.2, 0.25) is 0 Å². The van der Waals surface area contributed by atoms with Crippen molar-refractivity contribution in [1.82, 2.24) is 60.8 Å². The Morgan fingerprint density at radius 1 is 0.469 bits per heavy atom. The van der Waals surface area contributed by atoms with Gasteiger partial charge in [0.25, 0.3) is 36.0 Å². The quantitative estimate of drug-likeness (QED) is 0.0172. The summed E-state index contributed by atoms with van der Waals surface area (Å²) in [5, 5.41) is 33.1. The molecule has 9 aromatic heterocycles. The van der Waals surface area contributed by atoms with Gasteiger partial charge in [0.1, 0.15) is 23.5 Å². The van der Waals surface area contributed by atoms with E-state index in [0.29, 0.717) is 165 Å². The number of nitrogens with zero attached hydrogens (tertiary/aromatic N) is 7. The largest absolute Gasteiger partial charge is 1.00 e. The van der Waals surface area contributed by atoms with Gasteiger partial charge in [0.05, 0.1) is 63.4 Å². The number of benzene rings is 6. The van der Waals surface area contributed by atoms with E-state index < -0.39 is 29.3 Å². The summed E-state index contributed by atoms with van der Waals surface area (Å²) in [6.45, 7) is -0.204. The number of H-pyrrole nitrogens is 3. The monoisotopic (exact) mass is 1690 g/mol. The predicted molar refractivity (Wildman–Crippen MR) is 415 cm³/mol. The third kappa shape index (κ3) is 21.4. The van der Waals surface area contributed by atoms with Crippen LogP contribution in [-0.2, 0) is 48.6 Å². The van der Waals surface area contributed by atoms with E-state index in [-0.39, 0.29) is 159 Å². The molecule has 0 unspecified atom stereocenters. The molecule has 9 heterocycles. The second-order valence-electron chi connectivity index (χ2n) is 24.7. The fourth-order valence-electron chi connectivity index (χ4n) is 12.1. The number of aromatic nitrogens is 9. The minimum Gasteiger partial charge on any atom is -1.00 e. The van der Waals surface area contributed by atoms with Gasteiger partial charge in [-0.2, -0.15) is 5.26 Å². The van der Waals surface area contributed by atoms with Crippen molar-refractivity contribution >= 4 is 171 Å². The molecule has 0 spiro atoms. The summed E-state index contributed by atoms with van der Waals surface area (Å²) < 4.78 is 43.3. The molecule has 0 radical (unpaired) electrons. The molecule has 23 nitrogen and oxygen atoms in total. The van der Waals surface area contributed by atoms with Gasteiger partial charge in [-0.1, -0.05) is 69.6 Å². The molecular weight excluding hydrogens is 1630 g/mol. The van der Waals surface area contributed by atoms with Gasteiger partial charge in [-0.3, -0.25) is 58.7 Å². The third-order valence-corrected chi connectivity index (χ3v) is 18.8. The Hall–Kier alpha value is -9.31. The first-order valence-corrected chi connectivity index (χ1v) is 35.2. The molecule has 113 heavy (non-hydrogen) atoms. The number of nitrogens with two attached hydrogens (primary N) is 2. The van der Waals surface area contributed by atoms with Crippen LogP contribution in [0.5, 0.6) is 0 Å². The molecule has 5 amide bonds. The molecule has 558 valence electrons. The van der Waals surface area contributed by atoms with Crippen LogP contribution in [0.15, 0.2) is 183 Å². The summed E-state index contributed by atoms with van der Waals surface area (Å²) in [6, 6.07) is 36.6. The average molecular weight is 1690 g/mol. The number of rotatable bonds is 18. The zero-order chi connectivity index (χ0) is 78.7. The van der Waals surface area contributed by atoms with Gasteiger partial charge in [0.15, 0.2) is 0 Å². The Morgan fingerprint density at radius 2 is 0.779 bits per heavy atom. The van der Waals surface area contributed by atoms with Crippen molar-refractivity contribution in [3.63, 3.8) is 0 Å². The number of hydrogen-bond donors (Lipinski definition) is 8. The molecule has 15 rings (SSSR count). The second-order valence-corrected chi connectivity index (χ2v) is 27.2. The van der Waals surface area contributed by atoms with Crippen molar-refractivity contribution in [3.8, 4) is 6.07 Å². The zero-order valence-corrected chi connectivity index (χ0v) is 69.9. The van der Waals surface area contributed by atoms with Crippen molar-refractivity contribution in [2.24, 2.45) is 11.5 Å². The first-order chi connectivity index (χ1) is 53.4. The number of nitriles is 1. The second kappa shape index (κ2) is 39.2. The molecule has 0 aliphatic rings. The minimum absolute atomic E-state index is 0. The maximum Gasteiger partial charge on any atom is 1.00 e. The molecule has 0 aliphatic carbocycles. The number of nitrogens with one attached hydrogen (secondary N) is 6. The number of pyridine rings is 6. The Morgan fingerprint density at radius 3 is 1.09 bits per heavy atom. The van der Waals surface area contributed by atoms with Crippen molar-refractivity contribution in [1.29, 1.82) is 5.26 Å². The van der Waals surface area contributed by atoms with Gasteiger partial charge in [-0.15, -0.1) is 0 Å². The molecule has 10 N–H and O–H groups in total. The standard InChI is InChI=1S/2C26H18Cl2FN5O2.C26H16Cl2FN5O.CH2O3.2K.H/c2*27-17-6-15-3-13(5-20(25(30)35)24(15)33-11-17)4-18-7-14(1-2-31-18)26(36)34-10-16-8-19-21(28)12-32-23(19)9-22(16)29;27-19-6-16-3-14(4-17(10-30)25(16)33-12-19)5-20-7-15(1-2-31-20)26(35)34-11-18-8-21-22(28)13-32-24(21)9-23(18)29;2-1-4-3;;;/h2*1-3,5-9,11-12,32H,4,10H2,(H2,30,35)(H,34,36);1-4,6-9,12-13,32H,5,11H2,(H,34,35);1,3H;;;/q;;;;2*+1;-1/p-1. The van der Waals surface area contributed by atoms with Crippen LogP contribution in [0.2, 0.25) is 30.1 Å². The first kappa shape index (κ1) is 86.1. The zero-order valence-electron chi connectivity index (χ0n) is 60.1. The van der Waals surface area contributed by atoms with E-state index in [4.69, 9.17) is 91.1 Å². The fourth-order valence-corrected chi connectivity index (χ4v) is 13.2. The van der Waals surface area contributed by atoms with Crippen LogP contribution in [0.3, 0.4) is 0 Å². The normalized spacial score (nSPS) is 10.7. The molecule has 0 aliphatic heterocycles. The molecule has 6 aromatic carbocycles. The fraction of sp³-hybridized carbons (Fsp3) is 0.0759. The smallest absolute Gasteiger partial charge is 1.00 e. The number of fused-ring (bicyclic) bond motifs is 6. The van der Waals surface area contributed by atoms with E-state index >= 15 is 0 Å². The summed E-state index contributed by atoms with van der Waals surface area (Å²) >= 11 is 36.6. The number of halogens is 9. The van der Waals surface area contributed by atoms with E-state index in [2.05, 4.69) is 71.8 Å². The van der Waals surface area contributed by atoms with Crippen molar-refractivity contribution < 1.29 is 156 Å². The summed E-state index contributed by atoms with van der Waals surface area (Å²) in [7, 11) is 0. The minimum atomic E-state index is -0.607. The Kier molecular flexibility index (Phi) is 29.8. The molecule has 0 bridgehead atoms. The van der Waals surface area contributed by atoms with Crippen LogP contribution in [0.4, 0.5) is 13.2 Å². The van der Waals surface area contributed by atoms with Gasteiger partial charge in [0, 0.05) is 194 Å².